The number of ketones is 1. The number of hydrogen-bond acceptors (Lipinski definition) is 2. The van der Waals surface area contributed by atoms with Crippen LogP contribution < -0.4 is 0 Å². The molecule has 0 spiro atoms. The fourth-order valence-electron chi connectivity index (χ4n) is 4.25. The number of nitrogens with zero attached hydrogens (tertiary/aromatic N) is 1. The maximum Gasteiger partial charge on any atom is 0.136 e. The fraction of sp³-hybridized carbons (Fsp3) is 0.933. The Bertz CT molecular complexity index is 258. The summed E-state index contributed by atoms with van der Waals surface area (Å²) in [5, 5.41) is 0. The summed E-state index contributed by atoms with van der Waals surface area (Å²) in [6.45, 7) is 6.96. The molecule has 2 fully saturated rings. The first-order chi connectivity index (χ1) is 8.16. The maximum absolute atomic E-state index is 11.8. The molecule has 0 aromatic rings. The van der Waals surface area contributed by atoms with E-state index < -0.39 is 0 Å². The Labute approximate surface area is 106 Å². The third-order valence-electron chi connectivity index (χ3n) is 5.31. The van der Waals surface area contributed by atoms with Crippen LogP contribution in [-0.2, 0) is 4.79 Å². The third-order valence-corrected chi connectivity index (χ3v) is 5.31. The second kappa shape index (κ2) is 5.09. The Hall–Kier alpha value is -0.370. The largest absolute Gasteiger partial charge is 0.300 e. The number of piperidine rings is 2. The normalized spacial score (nSPS) is 30.6. The fourth-order valence-corrected chi connectivity index (χ4v) is 4.25. The molecule has 2 heterocycles. The molecule has 2 rings (SSSR count). The molecular weight excluding hydrogens is 210 g/mol. The summed E-state index contributed by atoms with van der Waals surface area (Å²) in [5.41, 5.74) is 0.358. The highest BCUT2D eigenvalue weighted by molar-refractivity contribution is 5.80. The Morgan fingerprint density at radius 2 is 1.53 bits per heavy atom. The topological polar surface area (TPSA) is 20.3 Å². The van der Waals surface area contributed by atoms with Crippen molar-refractivity contribution in [3.05, 3.63) is 0 Å². The van der Waals surface area contributed by atoms with Gasteiger partial charge in [0.15, 0.2) is 0 Å². The summed E-state index contributed by atoms with van der Waals surface area (Å²) in [7, 11) is 0. The van der Waals surface area contributed by atoms with Gasteiger partial charge in [-0.1, -0.05) is 27.2 Å². The molecule has 2 bridgehead atoms. The molecule has 2 aliphatic heterocycles. The smallest absolute Gasteiger partial charge is 0.136 e. The zero-order chi connectivity index (χ0) is 12.5. The molecule has 0 radical (unpaired) electrons. The quantitative estimate of drug-likeness (QED) is 0.745. The molecule has 2 saturated heterocycles. The van der Waals surface area contributed by atoms with Gasteiger partial charge in [0.05, 0.1) is 0 Å². The first-order valence-electron chi connectivity index (χ1n) is 7.47. The van der Waals surface area contributed by atoms with Crippen molar-refractivity contribution in [1.82, 2.24) is 4.90 Å². The average molecular weight is 237 g/mol. The molecule has 0 aromatic carbocycles. The van der Waals surface area contributed by atoms with Gasteiger partial charge in [-0.2, -0.15) is 0 Å². The molecule has 0 N–H and O–H groups in total. The summed E-state index contributed by atoms with van der Waals surface area (Å²) in [6.07, 6.45) is 9.11. The lowest BCUT2D eigenvalue weighted by molar-refractivity contribution is -0.133. The molecule has 0 amide bonds. The Balaban J connectivity index is 2.26. The summed E-state index contributed by atoms with van der Waals surface area (Å²) in [6, 6.07) is 1.10. The minimum atomic E-state index is 0.358. The highest BCUT2D eigenvalue weighted by atomic mass is 16.1. The van der Waals surface area contributed by atoms with E-state index in [1.165, 1.54) is 38.5 Å². The number of hydrogen-bond donors (Lipinski definition) is 0. The van der Waals surface area contributed by atoms with E-state index >= 15 is 0 Å². The first kappa shape index (κ1) is 13.1. The van der Waals surface area contributed by atoms with E-state index in [1.807, 2.05) is 0 Å². The highest BCUT2D eigenvalue weighted by Crippen LogP contribution is 2.41. The molecule has 0 aromatic heterocycles. The van der Waals surface area contributed by atoms with Gasteiger partial charge in [-0.05, 0) is 32.1 Å². The molecular formula is C15H27NO. The zero-order valence-electron chi connectivity index (χ0n) is 11.7. The molecule has 2 unspecified atom stereocenters. The molecule has 2 aliphatic rings. The summed E-state index contributed by atoms with van der Waals surface area (Å²) < 4.78 is 0. The summed E-state index contributed by atoms with van der Waals surface area (Å²) >= 11 is 0. The Morgan fingerprint density at radius 3 is 1.94 bits per heavy atom. The SMILES string of the molecule is CCC(CC)(CC)N1C2CCCC1CC(=O)C2. The van der Waals surface area contributed by atoms with E-state index in [4.69, 9.17) is 0 Å². The van der Waals surface area contributed by atoms with Crippen LogP contribution in [0.25, 0.3) is 0 Å². The van der Waals surface area contributed by atoms with E-state index in [-0.39, 0.29) is 0 Å². The molecule has 98 valence electrons. The van der Waals surface area contributed by atoms with Crippen molar-refractivity contribution in [2.45, 2.75) is 89.8 Å². The van der Waals surface area contributed by atoms with Gasteiger partial charge in [0.1, 0.15) is 5.78 Å². The van der Waals surface area contributed by atoms with E-state index in [1.54, 1.807) is 0 Å². The molecule has 0 aliphatic carbocycles. The Kier molecular flexibility index (Phi) is 3.92. The van der Waals surface area contributed by atoms with Crippen molar-refractivity contribution in [1.29, 1.82) is 0 Å². The van der Waals surface area contributed by atoms with Crippen molar-refractivity contribution >= 4 is 5.78 Å². The van der Waals surface area contributed by atoms with Crippen LogP contribution in [-0.4, -0.2) is 28.3 Å². The lowest BCUT2D eigenvalue weighted by Gasteiger charge is -2.55. The van der Waals surface area contributed by atoms with Gasteiger partial charge < -0.3 is 0 Å². The van der Waals surface area contributed by atoms with Crippen LogP contribution in [0.15, 0.2) is 0 Å². The zero-order valence-corrected chi connectivity index (χ0v) is 11.7. The van der Waals surface area contributed by atoms with Crippen LogP contribution in [0, 0.1) is 0 Å². The number of rotatable bonds is 4. The number of carbonyl (C=O) groups is 1. The lowest BCUT2D eigenvalue weighted by Crippen LogP contribution is -2.62. The lowest BCUT2D eigenvalue weighted by atomic mass is 9.76. The number of fused-ring (bicyclic) bond motifs is 2. The molecule has 0 saturated carbocycles. The summed E-state index contributed by atoms with van der Waals surface area (Å²) in [4.78, 5) is 14.5. The van der Waals surface area contributed by atoms with Crippen LogP contribution in [0.4, 0.5) is 0 Å². The summed E-state index contributed by atoms with van der Waals surface area (Å²) in [5.74, 6) is 0.508. The van der Waals surface area contributed by atoms with Crippen LogP contribution in [0.5, 0.6) is 0 Å². The average Bonchev–Trinajstić information content (AvgIpc) is 2.32. The second-order valence-electron chi connectivity index (χ2n) is 5.88. The van der Waals surface area contributed by atoms with E-state index in [9.17, 15) is 4.79 Å². The standard InChI is InChI=1S/C15H27NO/c1-4-15(5-2,6-3)16-12-8-7-9-13(16)11-14(17)10-12/h12-13H,4-11H2,1-3H3. The molecule has 2 nitrogen and oxygen atoms in total. The van der Waals surface area contributed by atoms with Crippen molar-refractivity contribution in [2.24, 2.45) is 0 Å². The molecule has 2 heteroatoms. The van der Waals surface area contributed by atoms with Crippen LogP contribution >= 0.6 is 0 Å². The van der Waals surface area contributed by atoms with Gasteiger partial charge in [0, 0.05) is 30.5 Å². The molecule has 17 heavy (non-hydrogen) atoms. The van der Waals surface area contributed by atoms with Gasteiger partial charge in [0.2, 0.25) is 0 Å². The van der Waals surface area contributed by atoms with Crippen molar-refractivity contribution < 1.29 is 4.79 Å². The predicted molar refractivity (Wildman–Crippen MR) is 71.1 cm³/mol. The molecule has 2 atom stereocenters. The van der Waals surface area contributed by atoms with Gasteiger partial charge in [0.25, 0.3) is 0 Å². The van der Waals surface area contributed by atoms with Crippen LogP contribution in [0.3, 0.4) is 0 Å². The van der Waals surface area contributed by atoms with Gasteiger partial charge in [-0.3, -0.25) is 9.69 Å². The minimum absolute atomic E-state index is 0.358. The predicted octanol–water partition coefficient (Wildman–Crippen LogP) is 3.54. The first-order valence-corrected chi connectivity index (χ1v) is 7.47. The minimum Gasteiger partial charge on any atom is -0.300 e. The third kappa shape index (κ3) is 2.16. The Morgan fingerprint density at radius 1 is 1.06 bits per heavy atom. The highest BCUT2D eigenvalue weighted by Gasteiger charge is 2.46. The number of Topliss-reactive ketones (excluding diaryl/α,β-unsaturated/α-hetero) is 1. The second-order valence-corrected chi connectivity index (χ2v) is 5.88. The van der Waals surface area contributed by atoms with E-state index in [0.29, 0.717) is 23.4 Å². The van der Waals surface area contributed by atoms with Gasteiger partial charge >= 0.3 is 0 Å². The van der Waals surface area contributed by atoms with E-state index in [2.05, 4.69) is 25.7 Å². The number of carbonyl (C=O) groups excluding carboxylic acids is 1. The van der Waals surface area contributed by atoms with Crippen LogP contribution in [0.2, 0.25) is 0 Å². The van der Waals surface area contributed by atoms with Gasteiger partial charge in [-0.25, -0.2) is 0 Å². The van der Waals surface area contributed by atoms with Crippen LogP contribution in [0.1, 0.15) is 72.1 Å². The van der Waals surface area contributed by atoms with Gasteiger partial charge in [-0.15, -0.1) is 0 Å². The van der Waals surface area contributed by atoms with E-state index in [0.717, 1.165) is 12.8 Å². The maximum atomic E-state index is 11.8. The monoisotopic (exact) mass is 237 g/mol. The van der Waals surface area contributed by atoms with Crippen molar-refractivity contribution in [3.63, 3.8) is 0 Å². The van der Waals surface area contributed by atoms with Crippen molar-refractivity contribution in [2.75, 3.05) is 0 Å². The van der Waals surface area contributed by atoms with Crippen molar-refractivity contribution in [3.8, 4) is 0 Å².